The van der Waals surface area contributed by atoms with Gasteiger partial charge in [-0.1, -0.05) is 25.3 Å². The Kier molecular flexibility index (Phi) is 12.3. The fourth-order valence-electron chi connectivity index (χ4n) is 4.13. The number of carbonyl (C=O) groups is 6. The monoisotopic (exact) mass is 690 g/mol. The first kappa shape index (κ1) is 38.5. The van der Waals surface area contributed by atoms with E-state index in [4.69, 9.17) is 4.74 Å². The molecule has 48 heavy (non-hydrogen) atoms. The molecule has 0 heterocycles. The van der Waals surface area contributed by atoms with Crippen LogP contribution in [0.2, 0.25) is 0 Å². The predicted molar refractivity (Wildman–Crippen MR) is 147 cm³/mol. The van der Waals surface area contributed by atoms with Gasteiger partial charge in [0.15, 0.2) is 0 Å². The summed E-state index contributed by atoms with van der Waals surface area (Å²) in [6, 6.07) is 0.780. The molecule has 0 aliphatic heterocycles. The molecule has 0 saturated carbocycles. The zero-order valence-corrected chi connectivity index (χ0v) is 24.5. The van der Waals surface area contributed by atoms with E-state index in [2.05, 4.69) is 27.4 Å². The summed E-state index contributed by atoms with van der Waals surface area (Å²) >= 11 is 0. The first-order valence-corrected chi connectivity index (χ1v) is 13.1. The molecule has 2 rings (SSSR count). The minimum Gasteiger partial charge on any atom is -0.478 e. The molecule has 0 unspecified atom stereocenters. The van der Waals surface area contributed by atoms with Crippen molar-refractivity contribution in [1.29, 1.82) is 0 Å². The van der Waals surface area contributed by atoms with Gasteiger partial charge in [-0.3, -0.25) is 0 Å². The molecule has 0 amide bonds. The van der Waals surface area contributed by atoms with Crippen molar-refractivity contribution in [2.24, 2.45) is 0 Å². The van der Waals surface area contributed by atoms with Gasteiger partial charge in [-0.05, 0) is 42.3 Å². The number of halogens is 6. The molecular formula is C30H24F6O12. The van der Waals surface area contributed by atoms with Crippen molar-refractivity contribution < 1.29 is 84.3 Å². The number of rotatable bonds is 14. The highest BCUT2D eigenvalue weighted by Gasteiger charge is 2.72. The molecule has 0 aliphatic rings. The van der Waals surface area contributed by atoms with E-state index in [0.29, 0.717) is 0 Å². The van der Waals surface area contributed by atoms with Crippen LogP contribution < -0.4 is 0 Å². The van der Waals surface area contributed by atoms with E-state index < -0.39 is 113 Å². The lowest BCUT2D eigenvalue weighted by Crippen LogP contribution is -2.55. The molecule has 0 aromatic heterocycles. The van der Waals surface area contributed by atoms with Crippen molar-refractivity contribution in [3.05, 3.63) is 94.6 Å². The highest BCUT2D eigenvalue weighted by molar-refractivity contribution is 6.03. The summed E-state index contributed by atoms with van der Waals surface area (Å²) in [5.41, 5.74) is -13.4. The van der Waals surface area contributed by atoms with Crippen LogP contribution in [0.5, 0.6) is 0 Å². The Hall–Kier alpha value is -5.68. The summed E-state index contributed by atoms with van der Waals surface area (Å²) < 4.78 is 108. The Labute approximate surface area is 266 Å². The van der Waals surface area contributed by atoms with Gasteiger partial charge in [-0.15, -0.1) is 0 Å². The van der Waals surface area contributed by atoms with E-state index in [9.17, 15) is 65.3 Å². The number of alkyl halides is 6. The molecule has 12 nitrogen and oxygen atoms in total. The lowest BCUT2D eigenvalue weighted by atomic mass is 9.71. The Bertz CT molecular complexity index is 1630. The number of carboxylic acid groups (broad SMARTS) is 2. The largest absolute Gasteiger partial charge is 0.478 e. The average Bonchev–Trinajstić information content (AvgIpc) is 2.99. The molecular weight excluding hydrogens is 666 g/mol. The van der Waals surface area contributed by atoms with Gasteiger partial charge in [0.25, 0.3) is 0 Å². The van der Waals surface area contributed by atoms with E-state index >= 15 is 0 Å². The quantitative estimate of drug-likeness (QED) is 0.0922. The number of ether oxygens (including phenoxy) is 4. The summed E-state index contributed by atoms with van der Waals surface area (Å²) in [4.78, 5) is 71.5. The number of carbonyl (C=O) groups excluding carboxylic acids is 4. The third-order valence-corrected chi connectivity index (χ3v) is 6.28. The summed E-state index contributed by atoms with van der Waals surface area (Å²) in [5.74, 6) is -9.19. The molecule has 258 valence electrons. The standard InChI is InChI=1S/C30H24F6O12/c1-4-22(37)45-9-10-47-26(43)20-13-16(5-7-18(20)23(38)39)28(29(31,32)33,30(34,35)36)17-6-8-19(24(40)41)21(14-17)27(44)48-12-11-46-25(42)15(2)3/h4-8,13-14H,1-2,9-12H2,3H3,(H,38,39)(H,40,41). The zero-order valence-electron chi connectivity index (χ0n) is 24.5. The summed E-state index contributed by atoms with van der Waals surface area (Å²) in [6.45, 7) is 4.81. The fourth-order valence-corrected chi connectivity index (χ4v) is 4.13. The van der Waals surface area contributed by atoms with Crippen LogP contribution >= 0.6 is 0 Å². The van der Waals surface area contributed by atoms with E-state index in [1.165, 1.54) is 6.92 Å². The Balaban J connectivity index is 2.77. The maximum Gasteiger partial charge on any atom is 0.411 e. The summed E-state index contributed by atoms with van der Waals surface area (Å²) in [5, 5.41) is 19.0. The number of aromatic carboxylic acids is 2. The minimum atomic E-state index is -6.35. The number of hydrogen-bond donors (Lipinski definition) is 2. The van der Waals surface area contributed by atoms with Gasteiger partial charge in [0.1, 0.15) is 26.4 Å². The smallest absolute Gasteiger partial charge is 0.411 e. The van der Waals surface area contributed by atoms with E-state index in [0.717, 1.165) is 6.08 Å². The van der Waals surface area contributed by atoms with Crippen molar-refractivity contribution >= 4 is 35.8 Å². The lowest BCUT2D eigenvalue weighted by molar-refractivity contribution is -0.288. The van der Waals surface area contributed by atoms with Crippen LogP contribution in [0.3, 0.4) is 0 Å². The Morgan fingerprint density at radius 1 is 0.667 bits per heavy atom. The second-order valence-corrected chi connectivity index (χ2v) is 9.44. The zero-order chi connectivity index (χ0) is 36.6. The molecule has 0 radical (unpaired) electrons. The molecule has 2 aromatic carbocycles. The SMILES string of the molecule is C=CC(=O)OCCOC(=O)c1cc(C(c2ccc(C(=O)O)c(C(=O)OCCOC(=O)C(=C)C)c2)(C(F)(F)F)C(F)(F)F)ccc1C(=O)O. The van der Waals surface area contributed by atoms with Crippen molar-refractivity contribution in [1.82, 2.24) is 0 Å². The van der Waals surface area contributed by atoms with Crippen LogP contribution in [0.4, 0.5) is 26.3 Å². The molecule has 2 aromatic rings. The third kappa shape index (κ3) is 8.37. The second kappa shape index (κ2) is 15.3. The van der Waals surface area contributed by atoms with Crippen molar-refractivity contribution in [3.63, 3.8) is 0 Å². The predicted octanol–water partition coefficient (Wildman–Crippen LogP) is 4.66. The van der Waals surface area contributed by atoms with E-state index in [1.807, 2.05) is 0 Å². The summed E-state index contributed by atoms with van der Waals surface area (Å²) in [7, 11) is 0. The van der Waals surface area contributed by atoms with Crippen molar-refractivity contribution in [3.8, 4) is 0 Å². The first-order chi connectivity index (χ1) is 22.2. The average molecular weight is 690 g/mol. The van der Waals surface area contributed by atoms with Gasteiger partial charge < -0.3 is 29.2 Å². The normalized spacial score (nSPS) is 11.6. The number of hydrogen-bond acceptors (Lipinski definition) is 10. The number of benzene rings is 2. The molecule has 0 fully saturated rings. The van der Waals surface area contributed by atoms with Gasteiger partial charge in [0.05, 0.1) is 22.3 Å². The van der Waals surface area contributed by atoms with Gasteiger partial charge in [-0.2, -0.15) is 26.3 Å². The molecule has 0 bridgehead atoms. The number of carboxylic acids is 2. The van der Waals surface area contributed by atoms with E-state index in [1.54, 1.807) is 0 Å². The second-order valence-electron chi connectivity index (χ2n) is 9.44. The molecule has 0 saturated heterocycles. The third-order valence-electron chi connectivity index (χ3n) is 6.28. The van der Waals surface area contributed by atoms with Gasteiger partial charge in [0.2, 0.25) is 5.41 Å². The maximum absolute atomic E-state index is 14.9. The molecule has 0 spiro atoms. The first-order valence-electron chi connectivity index (χ1n) is 13.1. The van der Waals surface area contributed by atoms with Crippen LogP contribution in [0.15, 0.2) is 61.2 Å². The number of esters is 4. The maximum atomic E-state index is 14.9. The van der Waals surface area contributed by atoms with Crippen LogP contribution in [0.25, 0.3) is 0 Å². The molecule has 2 N–H and O–H groups in total. The van der Waals surface area contributed by atoms with Crippen molar-refractivity contribution in [2.45, 2.75) is 24.7 Å². The lowest BCUT2D eigenvalue weighted by Gasteiger charge is -2.38. The highest BCUT2D eigenvalue weighted by Crippen LogP contribution is 2.56. The fraction of sp³-hybridized carbons (Fsp3) is 0.267. The molecule has 0 atom stereocenters. The Morgan fingerprint density at radius 3 is 1.38 bits per heavy atom. The molecule has 18 heteroatoms. The topological polar surface area (TPSA) is 180 Å². The van der Waals surface area contributed by atoms with E-state index in [-0.39, 0.29) is 42.0 Å². The highest BCUT2D eigenvalue weighted by atomic mass is 19.4. The van der Waals surface area contributed by atoms with Crippen LogP contribution in [0.1, 0.15) is 59.5 Å². The minimum absolute atomic E-state index is 0.0241. The van der Waals surface area contributed by atoms with Gasteiger partial charge >= 0.3 is 48.2 Å². The van der Waals surface area contributed by atoms with Crippen LogP contribution in [-0.4, -0.2) is 84.8 Å². The van der Waals surface area contributed by atoms with Crippen molar-refractivity contribution in [2.75, 3.05) is 26.4 Å². The molecule has 0 aliphatic carbocycles. The van der Waals surface area contributed by atoms with Gasteiger partial charge in [0, 0.05) is 11.6 Å². The Morgan fingerprint density at radius 2 is 1.04 bits per heavy atom. The van der Waals surface area contributed by atoms with Gasteiger partial charge in [-0.25, -0.2) is 28.8 Å². The van der Waals surface area contributed by atoms with Crippen LogP contribution in [0, 0.1) is 0 Å². The van der Waals surface area contributed by atoms with Crippen LogP contribution in [-0.2, 0) is 34.0 Å². The summed E-state index contributed by atoms with van der Waals surface area (Å²) in [6.07, 6.45) is -12.0.